The topological polar surface area (TPSA) is 116 Å². The highest BCUT2D eigenvalue weighted by Gasteiger charge is 2.78. The van der Waals surface area contributed by atoms with Crippen molar-refractivity contribution in [2.75, 3.05) is 13.2 Å². The van der Waals surface area contributed by atoms with E-state index in [1.165, 1.54) is 24.3 Å². The summed E-state index contributed by atoms with van der Waals surface area (Å²) in [6, 6.07) is 12.5. The number of hydrogen-bond donors (Lipinski definition) is 0. The van der Waals surface area contributed by atoms with E-state index in [-0.39, 0.29) is 30.0 Å². The lowest BCUT2D eigenvalue weighted by atomic mass is 9.99. The molecule has 0 radical (unpaired) electrons. The fourth-order valence-electron chi connectivity index (χ4n) is 3.47. The van der Waals surface area contributed by atoms with Crippen molar-refractivity contribution in [3.63, 3.8) is 0 Å². The van der Waals surface area contributed by atoms with Gasteiger partial charge in [0.1, 0.15) is 6.04 Å². The van der Waals surface area contributed by atoms with Crippen LogP contribution in [0.2, 0.25) is 0 Å². The van der Waals surface area contributed by atoms with Gasteiger partial charge in [-0.25, -0.2) is 9.59 Å². The van der Waals surface area contributed by atoms with Crippen LogP contribution in [0.15, 0.2) is 54.6 Å². The third-order valence-corrected chi connectivity index (χ3v) is 4.78. The Morgan fingerprint density at radius 2 is 1.60 bits per heavy atom. The van der Waals surface area contributed by atoms with Crippen LogP contribution in [-0.4, -0.2) is 46.4 Å². The maximum absolute atomic E-state index is 13.2. The van der Waals surface area contributed by atoms with Gasteiger partial charge in [-0.3, -0.25) is 14.9 Å². The zero-order valence-corrected chi connectivity index (χ0v) is 16.4. The van der Waals surface area contributed by atoms with Crippen LogP contribution in [0.25, 0.3) is 0 Å². The highest BCUT2D eigenvalue weighted by Crippen LogP contribution is 2.56. The predicted octanol–water partition coefficient (Wildman–Crippen LogP) is 2.66. The Hall–Kier alpha value is -3.75. The summed E-state index contributed by atoms with van der Waals surface area (Å²) in [6.07, 6.45) is 0. The van der Waals surface area contributed by atoms with Crippen LogP contribution in [0.1, 0.15) is 35.8 Å². The third kappa shape index (κ3) is 3.38. The minimum Gasteiger partial charge on any atom is -0.464 e. The van der Waals surface area contributed by atoms with Gasteiger partial charge in [0, 0.05) is 17.7 Å². The lowest BCUT2D eigenvalue weighted by Crippen LogP contribution is -2.43. The fraction of sp³-hybridized carbons (Fsp3) is 0.286. The molecule has 0 aromatic heterocycles. The first-order chi connectivity index (χ1) is 14.4. The smallest absolute Gasteiger partial charge is 0.346 e. The van der Waals surface area contributed by atoms with Crippen LogP contribution < -0.4 is 0 Å². The van der Waals surface area contributed by atoms with E-state index in [1.807, 2.05) is 0 Å². The summed E-state index contributed by atoms with van der Waals surface area (Å²) < 4.78 is 10.2. The summed E-state index contributed by atoms with van der Waals surface area (Å²) in [5, 5.41) is 11.2. The van der Waals surface area contributed by atoms with E-state index in [4.69, 9.17) is 9.47 Å². The van der Waals surface area contributed by atoms with Crippen molar-refractivity contribution in [2.45, 2.75) is 25.4 Å². The number of ether oxygens (including phenoxy) is 2. The molecule has 2 aromatic rings. The number of benzene rings is 2. The normalized spacial score (nSPS) is 16.5. The number of nitro benzene ring substituents is 1. The van der Waals surface area contributed by atoms with Gasteiger partial charge in [-0.1, -0.05) is 30.3 Å². The third-order valence-electron chi connectivity index (χ3n) is 4.78. The van der Waals surface area contributed by atoms with E-state index in [9.17, 15) is 24.5 Å². The summed E-state index contributed by atoms with van der Waals surface area (Å²) in [7, 11) is 0. The second-order valence-electron chi connectivity index (χ2n) is 6.50. The van der Waals surface area contributed by atoms with Gasteiger partial charge >= 0.3 is 11.9 Å². The van der Waals surface area contributed by atoms with E-state index in [0.29, 0.717) is 0 Å². The number of amides is 1. The molecule has 3 rings (SSSR count). The molecule has 1 aliphatic heterocycles. The molecular weight excluding hydrogens is 392 g/mol. The van der Waals surface area contributed by atoms with E-state index < -0.39 is 34.3 Å². The number of rotatable bonds is 7. The second kappa shape index (κ2) is 8.32. The van der Waals surface area contributed by atoms with Gasteiger partial charge in [0.15, 0.2) is 0 Å². The van der Waals surface area contributed by atoms with Crippen molar-refractivity contribution in [3.8, 4) is 0 Å². The van der Waals surface area contributed by atoms with Crippen molar-refractivity contribution >= 4 is 23.5 Å². The molecule has 2 aromatic carbocycles. The highest BCUT2D eigenvalue weighted by molar-refractivity contribution is 6.16. The first-order valence-electron chi connectivity index (χ1n) is 9.37. The Labute approximate surface area is 172 Å². The number of nitrogens with zero attached hydrogens (tertiary/aromatic N) is 2. The van der Waals surface area contributed by atoms with Crippen molar-refractivity contribution in [2.24, 2.45) is 0 Å². The Bertz CT molecular complexity index is 972. The van der Waals surface area contributed by atoms with Gasteiger partial charge in [0.2, 0.25) is 0 Å². The molecule has 1 saturated heterocycles. The van der Waals surface area contributed by atoms with Crippen LogP contribution in [0.4, 0.5) is 5.69 Å². The van der Waals surface area contributed by atoms with Crippen LogP contribution in [-0.2, 0) is 19.1 Å². The molecule has 0 bridgehead atoms. The van der Waals surface area contributed by atoms with E-state index in [2.05, 4.69) is 0 Å². The quantitative estimate of drug-likeness (QED) is 0.226. The van der Waals surface area contributed by atoms with Gasteiger partial charge in [-0.05, 0) is 31.5 Å². The highest BCUT2D eigenvalue weighted by atomic mass is 16.6. The van der Waals surface area contributed by atoms with Crippen LogP contribution in [0.5, 0.6) is 0 Å². The monoisotopic (exact) mass is 412 g/mol. The Morgan fingerprint density at radius 3 is 2.13 bits per heavy atom. The maximum atomic E-state index is 13.2. The van der Waals surface area contributed by atoms with Gasteiger partial charge in [-0.2, -0.15) is 0 Å². The molecule has 1 fully saturated rings. The van der Waals surface area contributed by atoms with Crippen molar-refractivity contribution in [1.29, 1.82) is 0 Å². The van der Waals surface area contributed by atoms with Gasteiger partial charge in [0.05, 0.1) is 18.1 Å². The molecule has 1 heterocycles. The van der Waals surface area contributed by atoms with Crippen molar-refractivity contribution < 1.29 is 28.8 Å². The summed E-state index contributed by atoms with van der Waals surface area (Å²) in [4.78, 5) is 50.8. The molecule has 1 atom stereocenters. The fourth-order valence-corrected chi connectivity index (χ4v) is 3.47. The average molecular weight is 412 g/mol. The summed E-state index contributed by atoms with van der Waals surface area (Å²) in [5.74, 6) is -2.47. The van der Waals surface area contributed by atoms with Crippen LogP contribution in [0, 0.1) is 10.1 Å². The molecule has 0 saturated carbocycles. The first-order valence-corrected chi connectivity index (χ1v) is 9.37. The molecule has 1 aliphatic rings. The number of non-ortho nitro benzene ring substituents is 1. The number of esters is 2. The maximum Gasteiger partial charge on any atom is 0.346 e. The van der Waals surface area contributed by atoms with Gasteiger partial charge in [-0.15, -0.1) is 0 Å². The number of carbonyl (C=O) groups excluding carboxylic acids is 3. The predicted molar refractivity (Wildman–Crippen MR) is 104 cm³/mol. The SMILES string of the molecule is CCOC(=O)C1(C(=O)OCC)C(c2cccc([N+](=O)[O-])c2)N1C(=O)c1ccccc1. The molecule has 1 unspecified atom stereocenters. The molecular formula is C21H20N2O7. The van der Waals surface area contributed by atoms with E-state index in [1.54, 1.807) is 44.2 Å². The largest absolute Gasteiger partial charge is 0.464 e. The zero-order valence-electron chi connectivity index (χ0n) is 16.4. The van der Waals surface area contributed by atoms with E-state index >= 15 is 0 Å². The van der Waals surface area contributed by atoms with Gasteiger partial charge < -0.3 is 14.4 Å². The minimum atomic E-state index is -2.05. The molecule has 1 amide bonds. The molecule has 156 valence electrons. The molecule has 30 heavy (non-hydrogen) atoms. The molecule has 0 spiro atoms. The van der Waals surface area contributed by atoms with E-state index in [0.717, 1.165) is 4.90 Å². The molecule has 9 nitrogen and oxygen atoms in total. The number of hydrogen-bond acceptors (Lipinski definition) is 7. The minimum absolute atomic E-state index is 0.0188. The molecule has 0 aliphatic carbocycles. The molecule has 0 N–H and O–H groups in total. The van der Waals surface area contributed by atoms with Crippen LogP contribution >= 0.6 is 0 Å². The number of nitro groups is 1. The van der Waals surface area contributed by atoms with Crippen LogP contribution in [0.3, 0.4) is 0 Å². The van der Waals surface area contributed by atoms with Gasteiger partial charge in [0.25, 0.3) is 17.1 Å². The van der Waals surface area contributed by atoms with Crippen molar-refractivity contribution in [3.05, 3.63) is 75.8 Å². The molecule has 9 heteroatoms. The zero-order chi connectivity index (χ0) is 21.9. The Balaban J connectivity index is 2.15. The summed E-state index contributed by atoms with van der Waals surface area (Å²) in [6.45, 7) is 3.11. The first kappa shape index (κ1) is 21.0. The Morgan fingerprint density at radius 1 is 1.00 bits per heavy atom. The summed E-state index contributed by atoms with van der Waals surface area (Å²) in [5.41, 5.74) is -1.76. The number of carbonyl (C=O) groups is 3. The second-order valence-corrected chi connectivity index (χ2v) is 6.50. The Kier molecular flexibility index (Phi) is 5.81. The lowest BCUT2D eigenvalue weighted by molar-refractivity contribution is -0.384. The lowest BCUT2D eigenvalue weighted by Gasteiger charge is -2.14. The van der Waals surface area contributed by atoms with Crippen molar-refractivity contribution in [1.82, 2.24) is 4.90 Å². The standard InChI is InChI=1S/C21H20N2O7/c1-3-29-19(25)21(20(26)30-4-2)17(15-11-8-12-16(13-15)23(27)28)22(21)18(24)14-9-6-5-7-10-14/h5-13,17H,3-4H2,1-2H3. The summed E-state index contributed by atoms with van der Waals surface area (Å²) >= 11 is 0. The average Bonchev–Trinajstić information content (AvgIpc) is 3.46.